The molecule has 0 unspecified atom stereocenters. The molecule has 1 rings (SSSR count). The van der Waals surface area contributed by atoms with Crippen molar-refractivity contribution < 1.29 is 24.0 Å². The number of carbonyl (C=O) groups excluding carboxylic acids is 2. The predicted octanol–water partition coefficient (Wildman–Crippen LogP) is 3.64. The quantitative estimate of drug-likeness (QED) is 0.177. The lowest BCUT2D eigenvalue weighted by molar-refractivity contribution is -0.405. The molecule has 0 atom stereocenters. The summed E-state index contributed by atoms with van der Waals surface area (Å²) in [7, 11) is 1.33. The van der Waals surface area contributed by atoms with E-state index in [1.165, 1.54) is 7.05 Å². The Balaban J connectivity index is 2.87. The molecule has 0 saturated heterocycles. The fraction of sp³-hybridized carbons (Fsp3) is 0.526. The van der Waals surface area contributed by atoms with Crippen molar-refractivity contribution in [2.75, 3.05) is 20.4 Å². The molecule has 1 aromatic heterocycles. The fourth-order valence-corrected chi connectivity index (χ4v) is 2.33. The molecular weight excluding hydrogens is 416 g/mol. The van der Waals surface area contributed by atoms with Crippen LogP contribution in [0.15, 0.2) is 30.4 Å². The van der Waals surface area contributed by atoms with Crippen LogP contribution in [0.25, 0.3) is 0 Å². The number of hydrogen-bond acceptors (Lipinski definition) is 8. The van der Waals surface area contributed by atoms with Gasteiger partial charge in [-0.2, -0.15) is 0 Å². The van der Waals surface area contributed by atoms with E-state index < -0.39 is 29.2 Å². The largest absolute Gasteiger partial charge is 0.427 e. The SMILES string of the molecule is CCN(Cc1ccc(Cl)nc1)C(=C[N+](=O)[O-])N(C)C(=O)OCOC(=O)C(C)(C)CC. The van der Waals surface area contributed by atoms with Gasteiger partial charge in [0.05, 0.1) is 10.3 Å². The molecule has 166 valence electrons. The molecule has 0 spiro atoms. The van der Waals surface area contributed by atoms with Crippen molar-refractivity contribution in [2.24, 2.45) is 5.41 Å². The topological polar surface area (TPSA) is 115 Å². The number of rotatable bonds is 10. The summed E-state index contributed by atoms with van der Waals surface area (Å²) in [6, 6.07) is 3.33. The molecule has 0 aromatic carbocycles. The van der Waals surface area contributed by atoms with E-state index in [9.17, 15) is 19.7 Å². The molecule has 0 aliphatic carbocycles. The zero-order valence-electron chi connectivity index (χ0n) is 17.8. The van der Waals surface area contributed by atoms with Gasteiger partial charge in [-0.1, -0.05) is 24.6 Å². The van der Waals surface area contributed by atoms with Gasteiger partial charge in [-0.15, -0.1) is 0 Å². The first-order valence-corrected chi connectivity index (χ1v) is 9.68. The number of nitro groups is 1. The summed E-state index contributed by atoms with van der Waals surface area (Å²) in [5.41, 5.74) is 0.0358. The average Bonchev–Trinajstić information content (AvgIpc) is 2.70. The number of amides is 1. The number of esters is 1. The van der Waals surface area contributed by atoms with Crippen molar-refractivity contribution in [1.82, 2.24) is 14.8 Å². The Hall–Kier alpha value is -2.88. The minimum absolute atomic E-state index is 0.00247. The molecule has 1 heterocycles. The molecule has 0 radical (unpaired) electrons. The molecule has 0 saturated carbocycles. The van der Waals surface area contributed by atoms with E-state index in [0.717, 1.165) is 10.5 Å². The highest BCUT2D eigenvalue weighted by molar-refractivity contribution is 6.29. The first-order valence-electron chi connectivity index (χ1n) is 9.30. The van der Waals surface area contributed by atoms with Gasteiger partial charge in [-0.25, -0.2) is 9.78 Å². The van der Waals surface area contributed by atoms with Gasteiger partial charge in [-0.05, 0) is 38.8 Å². The van der Waals surface area contributed by atoms with E-state index in [4.69, 9.17) is 21.1 Å². The Kier molecular flexibility index (Phi) is 9.51. The number of hydrogen-bond donors (Lipinski definition) is 0. The predicted molar refractivity (Wildman–Crippen MR) is 110 cm³/mol. The molecule has 0 fully saturated rings. The Labute approximate surface area is 180 Å². The molecule has 0 bridgehead atoms. The van der Waals surface area contributed by atoms with Crippen LogP contribution in [0.4, 0.5) is 4.79 Å². The van der Waals surface area contributed by atoms with Crippen LogP contribution in [0.3, 0.4) is 0 Å². The van der Waals surface area contributed by atoms with Crippen molar-refractivity contribution in [3.63, 3.8) is 0 Å². The lowest BCUT2D eigenvalue weighted by Gasteiger charge is -2.29. The second-order valence-electron chi connectivity index (χ2n) is 7.03. The molecule has 11 heteroatoms. The summed E-state index contributed by atoms with van der Waals surface area (Å²) in [6.45, 7) is 7.07. The summed E-state index contributed by atoms with van der Waals surface area (Å²) >= 11 is 5.78. The second kappa shape index (κ2) is 11.3. The van der Waals surface area contributed by atoms with Crippen molar-refractivity contribution in [3.05, 3.63) is 51.2 Å². The highest BCUT2D eigenvalue weighted by Crippen LogP contribution is 2.21. The monoisotopic (exact) mass is 442 g/mol. The van der Waals surface area contributed by atoms with Gasteiger partial charge in [0, 0.05) is 26.3 Å². The smallest absolute Gasteiger partial charge is 0.418 e. The van der Waals surface area contributed by atoms with Gasteiger partial charge in [0.2, 0.25) is 6.79 Å². The van der Waals surface area contributed by atoms with Crippen molar-refractivity contribution in [1.29, 1.82) is 0 Å². The van der Waals surface area contributed by atoms with Crippen LogP contribution in [0.5, 0.6) is 0 Å². The molecule has 10 nitrogen and oxygen atoms in total. The summed E-state index contributed by atoms with van der Waals surface area (Å²) in [5, 5.41) is 11.4. The van der Waals surface area contributed by atoms with E-state index in [1.54, 1.807) is 44.0 Å². The molecule has 0 aliphatic heterocycles. The highest BCUT2D eigenvalue weighted by Gasteiger charge is 2.28. The zero-order chi connectivity index (χ0) is 22.9. The number of nitrogens with zero attached hydrogens (tertiary/aromatic N) is 4. The van der Waals surface area contributed by atoms with Gasteiger partial charge < -0.3 is 14.4 Å². The first kappa shape index (κ1) is 25.2. The van der Waals surface area contributed by atoms with E-state index in [1.807, 2.05) is 6.92 Å². The maximum absolute atomic E-state index is 12.4. The van der Waals surface area contributed by atoms with Crippen molar-refractivity contribution >= 4 is 23.7 Å². The average molecular weight is 443 g/mol. The third kappa shape index (κ3) is 7.51. The molecule has 0 N–H and O–H groups in total. The number of ether oxygens (including phenoxy) is 2. The number of aromatic nitrogens is 1. The summed E-state index contributed by atoms with van der Waals surface area (Å²) in [6.07, 6.45) is 1.90. The normalized spacial score (nSPS) is 11.6. The van der Waals surface area contributed by atoms with Gasteiger partial charge in [0.15, 0.2) is 5.82 Å². The number of halogens is 1. The lowest BCUT2D eigenvalue weighted by Crippen LogP contribution is -2.38. The van der Waals surface area contributed by atoms with Crippen LogP contribution in [-0.4, -0.2) is 52.2 Å². The van der Waals surface area contributed by atoms with Crippen molar-refractivity contribution in [3.8, 4) is 0 Å². The van der Waals surface area contributed by atoms with E-state index >= 15 is 0 Å². The summed E-state index contributed by atoms with van der Waals surface area (Å²) in [4.78, 5) is 41.4. The highest BCUT2D eigenvalue weighted by atomic mass is 35.5. The second-order valence-corrected chi connectivity index (χ2v) is 7.42. The van der Waals surface area contributed by atoms with Crippen LogP contribution >= 0.6 is 11.6 Å². The Morgan fingerprint density at radius 2 is 1.97 bits per heavy atom. The van der Waals surface area contributed by atoms with Gasteiger partial charge in [0.25, 0.3) is 6.20 Å². The standard InChI is InChI=1S/C19H27ClN4O6/c1-6-19(3,4)17(25)29-13-30-18(26)22(5)16(12-24(27)28)23(7-2)11-14-8-9-15(20)21-10-14/h8-10,12H,6-7,11,13H2,1-5H3. The minimum Gasteiger partial charge on any atom is -0.427 e. The molecule has 1 aromatic rings. The minimum atomic E-state index is -0.905. The maximum Gasteiger partial charge on any atom is 0.418 e. The summed E-state index contributed by atoms with van der Waals surface area (Å²) in [5.74, 6) is -0.505. The third-order valence-corrected chi connectivity index (χ3v) is 4.74. The molecular formula is C19H27ClN4O6. The Morgan fingerprint density at radius 1 is 1.30 bits per heavy atom. The Morgan fingerprint density at radius 3 is 2.47 bits per heavy atom. The van der Waals surface area contributed by atoms with Crippen LogP contribution in [0, 0.1) is 15.5 Å². The molecule has 30 heavy (non-hydrogen) atoms. The zero-order valence-corrected chi connectivity index (χ0v) is 18.5. The van der Waals surface area contributed by atoms with Crippen LogP contribution in [-0.2, 0) is 20.8 Å². The van der Waals surface area contributed by atoms with Gasteiger partial charge >= 0.3 is 12.1 Å². The Bertz CT molecular complexity index is 782. The third-order valence-electron chi connectivity index (χ3n) is 4.52. The van der Waals surface area contributed by atoms with Crippen LogP contribution in [0.2, 0.25) is 5.15 Å². The number of carbonyl (C=O) groups is 2. The van der Waals surface area contributed by atoms with E-state index in [2.05, 4.69) is 4.98 Å². The van der Waals surface area contributed by atoms with Gasteiger partial charge in [-0.3, -0.25) is 19.8 Å². The number of pyridine rings is 1. The molecule has 1 amide bonds. The molecule has 0 aliphatic rings. The van der Waals surface area contributed by atoms with Crippen LogP contribution < -0.4 is 0 Å². The van der Waals surface area contributed by atoms with Crippen LogP contribution in [0.1, 0.15) is 39.7 Å². The van der Waals surface area contributed by atoms with E-state index in [0.29, 0.717) is 24.3 Å². The van der Waals surface area contributed by atoms with E-state index in [-0.39, 0.29) is 12.4 Å². The van der Waals surface area contributed by atoms with Gasteiger partial charge in [0.1, 0.15) is 5.15 Å². The summed E-state index contributed by atoms with van der Waals surface area (Å²) < 4.78 is 9.94. The lowest BCUT2D eigenvalue weighted by atomic mass is 9.91. The maximum atomic E-state index is 12.4. The fourth-order valence-electron chi connectivity index (χ4n) is 2.21. The van der Waals surface area contributed by atoms with Crippen molar-refractivity contribution in [2.45, 2.75) is 40.7 Å². The first-order chi connectivity index (χ1) is 14.0.